The van der Waals surface area contributed by atoms with E-state index in [1.807, 2.05) is 13.8 Å². The second-order valence-corrected chi connectivity index (χ2v) is 5.96. The minimum atomic E-state index is -0.731. The summed E-state index contributed by atoms with van der Waals surface area (Å²) in [5.41, 5.74) is 0. The highest BCUT2D eigenvalue weighted by Crippen LogP contribution is 2.44. The highest BCUT2D eigenvalue weighted by Gasteiger charge is 2.39. The van der Waals surface area contributed by atoms with E-state index < -0.39 is 12.0 Å². The van der Waals surface area contributed by atoms with Crippen LogP contribution in [-0.4, -0.2) is 23.2 Å². The topological polar surface area (TPSA) is 49.3 Å². The van der Waals surface area contributed by atoms with Crippen molar-refractivity contribution in [1.29, 1.82) is 0 Å². The fourth-order valence-corrected chi connectivity index (χ4v) is 3.35. The van der Waals surface area contributed by atoms with Gasteiger partial charge in [-0.1, -0.05) is 26.0 Å². The second kappa shape index (κ2) is 4.81. The number of fused-ring (bicyclic) bond motifs is 2. The molecule has 0 aromatic rings. The Morgan fingerprint density at radius 2 is 2.00 bits per heavy atom. The first kappa shape index (κ1) is 12.6. The molecule has 2 aliphatic rings. The lowest BCUT2D eigenvalue weighted by Crippen LogP contribution is -2.48. The van der Waals surface area contributed by atoms with Gasteiger partial charge in [0.05, 0.1) is 0 Å². The SMILES string of the molecule is CC(C)C(NC(C)C1CC2C=CC1C2)C(=O)O. The van der Waals surface area contributed by atoms with Crippen molar-refractivity contribution in [3.05, 3.63) is 12.2 Å². The zero-order chi connectivity index (χ0) is 12.6. The minimum absolute atomic E-state index is 0.129. The van der Waals surface area contributed by atoms with E-state index in [0.717, 1.165) is 5.92 Å². The average molecular weight is 237 g/mol. The van der Waals surface area contributed by atoms with Crippen LogP contribution in [0.1, 0.15) is 33.6 Å². The standard InChI is InChI=1S/C14H23NO2/c1-8(2)13(14(16)17)15-9(3)12-7-10-4-5-11(12)6-10/h4-5,8-13,15H,6-7H2,1-3H3,(H,16,17). The maximum atomic E-state index is 11.2. The van der Waals surface area contributed by atoms with E-state index in [1.165, 1.54) is 12.8 Å². The highest BCUT2D eigenvalue weighted by molar-refractivity contribution is 5.73. The molecule has 1 saturated carbocycles. The minimum Gasteiger partial charge on any atom is -0.480 e. The molecule has 1 fully saturated rings. The maximum Gasteiger partial charge on any atom is 0.320 e. The lowest BCUT2D eigenvalue weighted by Gasteiger charge is -2.30. The van der Waals surface area contributed by atoms with Gasteiger partial charge in [0.15, 0.2) is 0 Å². The molecule has 2 bridgehead atoms. The number of carboxylic acid groups (broad SMARTS) is 1. The summed E-state index contributed by atoms with van der Waals surface area (Å²) in [4.78, 5) is 11.2. The molecule has 0 spiro atoms. The molecule has 3 nitrogen and oxygen atoms in total. The van der Waals surface area contributed by atoms with E-state index in [4.69, 9.17) is 0 Å². The third-order valence-corrected chi connectivity index (χ3v) is 4.35. The molecule has 3 heteroatoms. The van der Waals surface area contributed by atoms with Gasteiger partial charge in [0.25, 0.3) is 0 Å². The van der Waals surface area contributed by atoms with E-state index >= 15 is 0 Å². The Hall–Kier alpha value is -0.830. The van der Waals surface area contributed by atoms with Crippen molar-refractivity contribution in [3.63, 3.8) is 0 Å². The molecule has 2 N–H and O–H groups in total. The van der Waals surface area contributed by atoms with Crippen LogP contribution in [0.4, 0.5) is 0 Å². The number of allylic oxidation sites excluding steroid dienone is 2. The third-order valence-electron chi connectivity index (χ3n) is 4.35. The molecule has 5 unspecified atom stereocenters. The van der Waals surface area contributed by atoms with Crippen LogP contribution in [0.5, 0.6) is 0 Å². The van der Waals surface area contributed by atoms with Crippen molar-refractivity contribution in [2.45, 2.75) is 45.7 Å². The predicted molar refractivity (Wildman–Crippen MR) is 67.7 cm³/mol. The quantitative estimate of drug-likeness (QED) is 0.721. The van der Waals surface area contributed by atoms with E-state index in [0.29, 0.717) is 17.9 Å². The molecule has 0 aromatic carbocycles. The molecule has 2 aliphatic carbocycles. The van der Waals surface area contributed by atoms with E-state index in [2.05, 4.69) is 24.4 Å². The Morgan fingerprint density at radius 1 is 1.29 bits per heavy atom. The van der Waals surface area contributed by atoms with Crippen LogP contribution >= 0.6 is 0 Å². The molecule has 0 saturated heterocycles. The van der Waals surface area contributed by atoms with Gasteiger partial charge in [-0.05, 0) is 43.4 Å². The summed E-state index contributed by atoms with van der Waals surface area (Å²) in [6, 6.07) is -0.133. The monoisotopic (exact) mass is 237 g/mol. The van der Waals surface area contributed by atoms with Gasteiger partial charge in [0.1, 0.15) is 6.04 Å². The zero-order valence-corrected chi connectivity index (χ0v) is 10.9. The zero-order valence-electron chi connectivity index (χ0n) is 10.9. The Kier molecular flexibility index (Phi) is 3.57. The average Bonchev–Trinajstić information content (AvgIpc) is 2.85. The molecule has 96 valence electrons. The van der Waals surface area contributed by atoms with Gasteiger partial charge >= 0.3 is 5.97 Å². The van der Waals surface area contributed by atoms with Gasteiger partial charge in [0.2, 0.25) is 0 Å². The summed E-state index contributed by atoms with van der Waals surface area (Å²) >= 11 is 0. The van der Waals surface area contributed by atoms with Crippen molar-refractivity contribution in [3.8, 4) is 0 Å². The fourth-order valence-electron chi connectivity index (χ4n) is 3.35. The fraction of sp³-hybridized carbons (Fsp3) is 0.786. The second-order valence-electron chi connectivity index (χ2n) is 5.96. The smallest absolute Gasteiger partial charge is 0.320 e. The van der Waals surface area contributed by atoms with Crippen molar-refractivity contribution in [2.24, 2.45) is 23.7 Å². The van der Waals surface area contributed by atoms with Crippen LogP contribution in [0.15, 0.2) is 12.2 Å². The molecule has 0 amide bonds. The molecule has 5 atom stereocenters. The predicted octanol–water partition coefficient (Wildman–Crippen LogP) is 2.29. The number of carboxylic acids is 1. The number of aliphatic carboxylic acids is 1. The van der Waals surface area contributed by atoms with Gasteiger partial charge in [-0.2, -0.15) is 0 Å². The first-order valence-electron chi connectivity index (χ1n) is 6.66. The normalized spacial score (nSPS) is 34.2. The van der Waals surface area contributed by atoms with Crippen LogP contribution in [0.2, 0.25) is 0 Å². The van der Waals surface area contributed by atoms with Crippen molar-refractivity contribution >= 4 is 5.97 Å². The summed E-state index contributed by atoms with van der Waals surface area (Å²) in [6.07, 6.45) is 7.14. The number of rotatable bonds is 5. The largest absolute Gasteiger partial charge is 0.480 e. The van der Waals surface area contributed by atoms with E-state index in [-0.39, 0.29) is 5.92 Å². The Morgan fingerprint density at radius 3 is 2.41 bits per heavy atom. The summed E-state index contributed by atoms with van der Waals surface area (Å²) in [5.74, 6) is 1.43. The third kappa shape index (κ3) is 2.54. The van der Waals surface area contributed by atoms with Crippen LogP contribution in [0.25, 0.3) is 0 Å². The Labute approximate surface area is 103 Å². The van der Waals surface area contributed by atoms with Crippen molar-refractivity contribution in [2.75, 3.05) is 0 Å². The van der Waals surface area contributed by atoms with E-state index in [1.54, 1.807) is 0 Å². The summed E-state index contributed by atoms with van der Waals surface area (Å²) in [6.45, 7) is 6.05. The van der Waals surface area contributed by atoms with Gasteiger partial charge in [0, 0.05) is 6.04 Å². The van der Waals surface area contributed by atoms with Crippen LogP contribution in [0, 0.1) is 23.7 Å². The highest BCUT2D eigenvalue weighted by atomic mass is 16.4. The summed E-state index contributed by atoms with van der Waals surface area (Å²) in [7, 11) is 0. The molecule has 0 radical (unpaired) electrons. The first-order valence-corrected chi connectivity index (χ1v) is 6.66. The summed E-state index contributed by atoms with van der Waals surface area (Å²) in [5, 5.41) is 12.5. The van der Waals surface area contributed by atoms with E-state index in [9.17, 15) is 9.90 Å². The molecular formula is C14H23NO2. The van der Waals surface area contributed by atoms with Gasteiger partial charge in [-0.25, -0.2) is 0 Å². The van der Waals surface area contributed by atoms with Crippen LogP contribution in [0.3, 0.4) is 0 Å². The molecule has 0 aromatic heterocycles. The lowest BCUT2D eigenvalue weighted by atomic mass is 9.86. The lowest BCUT2D eigenvalue weighted by molar-refractivity contribution is -0.141. The maximum absolute atomic E-state index is 11.2. The molecular weight excluding hydrogens is 214 g/mol. The Balaban J connectivity index is 1.94. The van der Waals surface area contributed by atoms with Crippen LogP contribution in [-0.2, 0) is 4.79 Å². The van der Waals surface area contributed by atoms with Crippen molar-refractivity contribution < 1.29 is 9.90 Å². The number of carbonyl (C=O) groups is 1. The molecule has 17 heavy (non-hydrogen) atoms. The number of hydrogen-bond donors (Lipinski definition) is 2. The molecule has 0 heterocycles. The van der Waals surface area contributed by atoms with Gasteiger partial charge in [-0.3, -0.25) is 4.79 Å². The van der Waals surface area contributed by atoms with Gasteiger partial charge in [-0.15, -0.1) is 0 Å². The number of hydrogen-bond acceptors (Lipinski definition) is 2. The Bertz CT molecular complexity index is 324. The number of nitrogens with one attached hydrogen (secondary N) is 1. The summed E-state index contributed by atoms with van der Waals surface area (Å²) < 4.78 is 0. The first-order chi connectivity index (χ1) is 7.99. The molecule has 2 rings (SSSR count). The molecule has 0 aliphatic heterocycles. The van der Waals surface area contributed by atoms with Crippen LogP contribution < -0.4 is 5.32 Å². The van der Waals surface area contributed by atoms with Crippen molar-refractivity contribution in [1.82, 2.24) is 5.32 Å². The van der Waals surface area contributed by atoms with Gasteiger partial charge < -0.3 is 10.4 Å².